The first-order valence-corrected chi connectivity index (χ1v) is 3.57. The standard InChI is InChI=1S/C9H11NO/c1-2-3-6-10-7-4-5-9(10)8-11/h1,4-5,7,11H,3,6,8H2. The molecule has 1 aromatic heterocycles. The Morgan fingerprint density at radius 2 is 2.45 bits per heavy atom. The number of aliphatic hydroxyl groups excluding tert-OH is 1. The van der Waals surface area contributed by atoms with Crippen molar-refractivity contribution >= 4 is 0 Å². The van der Waals surface area contributed by atoms with Crippen LogP contribution in [-0.2, 0) is 13.2 Å². The predicted molar refractivity (Wildman–Crippen MR) is 43.8 cm³/mol. The fraction of sp³-hybridized carbons (Fsp3) is 0.333. The molecule has 0 aromatic carbocycles. The molecule has 1 N–H and O–H groups in total. The summed E-state index contributed by atoms with van der Waals surface area (Å²) in [6, 6.07) is 3.79. The summed E-state index contributed by atoms with van der Waals surface area (Å²) in [5.74, 6) is 2.55. The smallest absolute Gasteiger partial charge is 0.0832 e. The lowest BCUT2D eigenvalue weighted by molar-refractivity contribution is 0.270. The summed E-state index contributed by atoms with van der Waals surface area (Å²) in [5.41, 5.74) is 0.917. The van der Waals surface area contributed by atoms with Crippen LogP contribution in [0.3, 0.4) is 0 Å². The third-order valence-corrected chi connectivity index (χ3v) is 1.58. The summed E-state index contributed by atoms with van der Waals surface area (Å²) in [6.07, 6.45) is 7.74. The summed E-state index contributed by atoms with van der Waals surface area (Å²) in [6.45, 7) is 0.872. The lowest BCUT2D eigenvalue weighted by atomic mass is 10.4. The number of hydrogen-bond acceptors (Lipinski definition) is 1. The topological polar surface area (TPSA) is 25.2 Å². The molecule has 0 saturated carbocycles. The first kappa shape index (κ1) is 7.90. The van der Waals surface area contributed by atoms with Crippen molar-refractivity contribution < 1.29 is 5.11 Å². The molecule has 0 aliphatic heterocycles. The lowest BCUT2D eigenvalue weighted by Gasteiger charge is -2.03. The first-order chi connectivity index (χ1) is 5.38. The highest BCUT2D eigenvalue weighted by Crippen LogP contribution is 2.02. The Balaban J connectivity index is 2.62. The summed E-state index contributed by atoms with van der Waals surface area (Å²) >= 11 is 0. The van der Waals surface area contributed by atoms with Crippen LogP contribution in [0.1, 0.15) is 12.1 Å². The van der Waals surface area contributed by atoms with E-state index in [4.69, 9.17) is 11.5 Å². The molecule has 2 nitrogen and oxygen atoms in total. The van der Waals surface area contributed by atoms with E-state index in [-0.39, 0.29) is 6.61 Å². The SMILES string of the molecule is C#CCCn1cccc1CO. The monoisotopic (exact) mass is 149 g/mol. The Bertz CT molecular complexity index is 257. The number of nitrogens with zero attached hydrogens (tertiary/aromatic N) is 1. The molecule has 1 rings (SSSR count). The van der Waals surface area contributed by atoms with Gasteiger partial charge in [-0.05, 0) is 12.1 Å². The van der Waals surface area contributed by atoms with E-state index < -0.39 is 0 Å². The lowest BCUT2D eigenvalue weighted by Crippen LogP contribution is -2.00. The zero-order chi connectivity index (χ0) is 8.10. The van der Waals surface area contributed by atoms with E-state index in [1.807, 2.05) is 22.9 Å². The first-order valence-electron chi connectivity index (χ1n) is 3.57. The normalized spacial score (nSPS) is 9.45. The highest BCUT2D eigenvalue weighted by molar-refractivity contribution is 5.06. The number of hydrogen-bond donors (Lipinski definition) is 1. The number of aryl methyl sites for hydroxylation is 1. The molecule has 0 amide bonds. The summed E-state index contributed by atoms with van der Waals surface area (Å²) in [4.78, 5) is 0. The highest BCUT2D eigenvalue weighted by atomic mass is 16.3. The van der Waals surface area contributed by atoms with Crippen LogP contribution in [0.25, 0.3) is 0 Å². The van der Waals surface area contributed by atoms with E-state index >= 15 is 0 Å². The molecular weight excluding hydrogens is 138 g/mol. The summed E-state index contributed by atoms with van der Waals surface area (Å²) < 4.78 is 1.96. The van der Waals surface area contributed by atoms with Crippen LogP contribution in [0.5, 0.6) is 0 Å². The zero-order valence-electron chi connectivity index (χ0n) is 6.33. The van der Waals surface area contributed by atoms with Crippen LogP contribution in [0.15, 0.2) is 18.3 Å². The molecule has 11 heavy (non-hydrogen) atoms. The minimum Gasteiger partial charge on any atom is -0.390 e. The van der Waals surface area contributed by atoms with Gasteiger partial charge in [0.25, 0.3) is 0 Å². The van der Waals surface area contributed by atoms with Gasteiger partial charge in [-0.3, -0.25) is 0 Å². The molecule has 1 heterocycles. The van der Waals surface area contributed by atoms with Gasteiger partial charge in [-0.25, -0.2) is 0 Å². The maximum absolute atomic E-state index is 8.83. The van der Waals surface area contributed by atoms with Gasteiger partial charge in [-0.15, -0.1) is 12.3 Å². The van der Waals surface area contributed by atoms with Crippen LogP contribution < -0.4 is 0 Å². The molecule has 0 aliphatic rings. The van der Waals surface area contributed by atoms with Gasteiger partial charge >= 0.3 is 0 Å². The summed E-state index contributed by atoms with van der Waals surface area (Å²) in [7, 11) is 0. The van der Waals surface area contributed by atoms with Gasteiger partial charge < -0.3 is 9.67 Å². The second-order valence-electron chi connectivity index (χ2n) is 2.31. The van der Waals surface area contributed by atoms with Crippen molar-refractivity contribution in [2.24, 2.45) is 0 Å². The van der Waals surface area contributed by atoms with Crippen LogP contribution in [0.2, 0.25) is 0 Å². The number of terminal acetylenes is 1. The van der Waals surface area contributed by atoms with E-state index in [0.29, 0.717) is 6.42 Å². The second-order valence-corrected chi connectivity index (χ2v) is 2.31. The average molecular weight is 149 g/mol. The third-order valence-electron chi connectivity index (χ3n) is 1.58. The van der Waals surface area contributed by atoms with E-state index in [9.17, 15) is 0 Å². The largest absolute Gasteiger partial charge is 0.390 e. The third kappa shape index (κ3) is 1.86. The average Bonchev–Trinajstić information content (AvgIpc) is 2.47. The van der Waals surface area contributed by atoms with Gasteiger partial charge in [0.2, 0.25) is 0 Å². The fourth-order valence-electron chi connectivity index (χ4n) is 0.996. The molecule has 0 spiro atoms. The van der Waals surface area contributed by atoms with Crippen LogP contribution in [0.4, 0.5) is 0 Å². The quantitative estimate of drug-likeness (QED) is 0.637. The van der Waals surface area contributed by atoms with E-state index in [2.05, 4.69) is 5.92 Å². The fourth-order valence-corrected chi connectivity index (χ4v) is 0.996. The van der Waals surface area contributed by atoms with Gasteiger partial charge in [0.15, 0.2) is 0 Å². The Hall–Kier alpha value is -1.20. The molecule has 0 aliphatic carbocycles. The van der Waals surface area contributed by atoms with Gasteiger partial charge in [-0.2, -0.15) is 0 Å². The van der Waals surface area contributed by atoms with Crippen molar-refractivity contribution in [2.45, 2.75) is 19.6 Å². The number of rotatable bonds is 3. The maximum atomic E-state index is 8.83. The van der Waals surface area contributed by atoms with Crippen molar-refractivity contribution in [3.63, 3.8) is 0 Å². The molecule has 0 atom stereocenters. The minimum atomic E-state index is 0.0809. The zero-order valence-corrected chi connectivity index (χ0v) is 6.33. The molecule has 0 unspecified atom stereocenters. The Morgan fingerprint density at radius 3 is 3.09 bits per heavy atom. The molecular formula is C9H11NO. The predicted octanol–water partition coefficient (Wildman–Crippen LogP) is 1.00. The van der Waals surface area contributed by atoms with E-state index in [1.165, 1.54) is 0 Å². The van der Waals surface area contributed by atoms with Crippen molar-refractivity contribution in [3.05, 3.63) is 24.0 Å². The van der Waals surface area contributed by atoms with Gasteiger partial charge in [-0.1, -0.05) is 0 Å². The van der Waals surface area contributed by atoms with Gasteiger partial charge in [0.05, 0.1) is 6.61 Å². The van der Waals surface area contributed by atoms with Crippen molar-refractivity contribution in [1.29, 1.82) is 0 Å². The van der Waals surface area contributed by atoms with E-state index in [1.54, 1.807) is 0 Å². The van der Waals surface area contributed by atoms with Crippen LogP contribution in [-0.4, -0.2) is 9.67 Å². The number of aliphatic hydroxyl groups is 1. The molecule has 0 radical (unpaired) electrons. The second kappa shape index (κ2) is 3.85. The van der Waals surface area contributed by atoms with E-state index in [0.717, 1.165) is 12.2 Å². The van der Waals surface area contributed by atoms with Crippen LogP contribution >= 0.6 is 0 Å². The Labute approximate surface area is 66.5 Å². The maximum Gasteiger partial charge on any atom is 0.0832 e. The van der Waals surface area contributed by atoms with Crippen molar-refractivity contribution in [2.75, 3.05) is 0 Å². The molecule has 2 heteroatoms. The Morgan fingerprint density at radius 1 is 1.64 bits per heavy atom. The van der Waals surface area contributed by atoms with Gasteiger partial charge in [0.1, 0.15) is 0 Å². The Kier molecular flexibility index (Phi) is 2.76. The highest BCUT2D eigenvalue weighted by Gasteiger charge is 1.96. The van der Waals surface area contributed by atoms with Crippen molar-refractivity contribution in [3.8, 4) is 12.3 Å². The minimum absolute atomic E-state index is 0.0809. The number of aromatic nitrogens is 1. The van der Waals surface area contributed by atoms with Crippen LogP contribution in [0, 0.1) is 12.3 Å². The van der Waals surface area contributed by atoms with Gasteiger partial charge in [0, 0.05) is 24.9 Å². The van der Waals surface area contributed by atoms with Crippen molar-refractivity contribution in [1.82, 2.24) is 4.57 Å². The molecule has 1 aromatic rings. The molecule has 58 valence electrons. The molecule has 0 bridgehead atoms. The molecule has 0 saturated heterocycles. The summed E-state index contributed by atoms with van der Waals surface area (Å²) in [5, 5.41) is 8.83. The molecule has 0 fully saturated rings.